The summed E-state index contributed by atoms with van der Waals surface area (Å²) in [6.07, 6.45) is 6.67. The molecule has 1 N–H and O–H groups in total. The molecule has 3 heterocycles. The zero-order chi connectivity index (χ0) is 19.3. The van der Waals surface area contributed by atoms with Gasteiger partial charge in [0.05, 0.1) is 42.5 Å². The van der Waals surface area contributed by atoms with E-state index in [-0.39, 0.29) is 5.91 Å². The molecular formula is C21H26N6O. The van der Waals surface area contributed by atoms with E-state index in [0.717, 1.165) is 61.8 Å². The minimum absolute atomic E-state index is 0.118. The summed E-state index contributed by atoms with van der Waals surface area (Å²) in [5.74, 6) is 0.118. The lowest BCUT2D eigenvalue weighted by atomic mass is 10.1. The van der Waals surface area contributed by atoms with E-state index in [0.29, 0.717) is 6.54 Å². The summed E-state index contributed by atoms with van der Waals surface area (Å²) >= 11 is 0. The van der Waals surface area contributed by atoms with Gasteiger partial charge in [-0.2, -0.15) is 0 Å². The van der Waals surface area contributed by atoms with Gasteiger partial charge in [0.15, 0.2) is 0 Å². The largest absolute Gasteiger partial charge is 0.354 e. The Balaban J connectivity index is 1.58. The van der Waals surface area contributed by atoms with Gasteiger partial charge in [-0.15, -0.1) is 0 Å². The Kier molecular flexibility index (Phi) is 5.53. The number of aryl methyl sites for hydroxylation is 2. The molecule has 3 aromatic rings. The minimum Gasteiger partial charge on any atom is -0.354 e. The number of piperazine rings is 1. The quantitative estimate of drug-likeness (QED) is 0.685. The number of hydrogen-bond acceptors (Lipinski definition) is 4. The summed E-state index contributed by atoms with van der Waals surface area (Å²) in [4.78, 5) is 22.9. The number of amides is 1. The lowest BCUT2D eigenvalue weighted by molar-refractivity contribution is -0.124. The highest BCUT2D eigenvalue weighted by molar-refractivity contribution is 5.78. The van der Waals surface area contributed by atoms with Gasteiger partial charge in [0, 0.05) is 38.3 Å². The molecule has 0 spiro atoms. The van der Waals surface area contributed by atoms with Gasteiger partial charge in [-0.3, -0.25) is 9.69 Å². The monoisotopic (exact) mass is 378 g/mol. The van der Waals surface area contributed by atoms with Crippen molar-refractivity contribution >= 4 is 5.91 Å². The maximum atomic E-state index is 11.6. The molecule has 1 aliphatic heterocycles. The van der Waals surface area contributed by atoms with Gasteiger partial charge in [-0.25, -0.2) is 9.97 Å². The van der Waals surface area contributed by atoms with Crippen molar-refractivity contribution in [2.24, 2.45) is 0 Å². The van der Waals surface area contributed by atoms with Crippen molar-refractivity contribution in [3.8, 4) is 22.6 Å². The van der Waals surface area contributed by atoms with Crippen LogP contribution in [0.3, 0.4) is 0 Å². The van der Waals surface area contributed by atoms with E-state index >= 15 is 0 Å². The summed E-state index contributed by atoms with van der Waals surface area (Å²) in [7, 11) is 0. The molecule has 1 amide bonds. The molecule has 0 unspecified atom stereocenters. The van der Waals surface area contributed by atoms with E-state index < -0.39 is 0 Å². The van der Waals surface area contributed by atoms with Crippen LogP contribution >= 0.6 is 0 Å². The standard InChI is InChI=1S/C21H26N6O/c1-2-26-15-22-13-18(26)21-20(17-7-4-3-5-8-17)24-16-27(21)11-6-10-25-12-9-23-19(28)14-25/h3-5,7-8,13,15-16H,2,6,9-12,14H2,1H3,(H,23,28). The highest BCUT2D eigenvalue weighted by Crippen LogP contribution is 2.31. The lowest BCUT2D eigenvalue weighted by Crippen LogP contribution is -2.47. The minimum atomic E-state index is 0.118. The van der Waals surface area contributed by atoms with E-state index in [1.54, 1.807) is 0 Å². The molecule has 2 aromatic heterocycles. The van der Waals surface area contributed by atoms with Crippen LogP contribution in [0.25, 0.3) is 22.6 Å². The van der Waals surface area contributed by atoms with Crippen molar-refractivity contribution in [3.63, 3.8) is 0 Å². The highest BCUT2D eigenvalue weighted by atomic mass is 16.2. The Morgan fingerprint density at radius 2 is 1.96 bits per heavy atom. The normalized spacial score (nSPS) is 15.0. The molecule has 0 radical (unpaired) electrons. The Morgan fingerprint density at radius 1 is 1.11 bits per heavy atom. The van der Waals surface area contributed by atoms with Crippen LogP contribution < -0.4 is 5.32 Å². The summed E-state index contributed by atoms with van der Waals surface area (Å²) in [6, 6.07) is 10.3. The van der Waals surface area contributed by atoms with Crippen molar-refractivity contribution in [1.82, 2.24) is 29.3 Å². The molecule has 4 rings (SSSR count). The Bertz CT molecular complexity index is 930. The van der Waals surface area contributed by atoms with Crippen LogP contribution in [0.5, 0.6) is 0 Å². The fourth-order valence-electron chi connectivity index (χ4n) is 3.74. The van der Waals surface area contributed by atoms with Gasteiger partial charge in [0.1, 0.15) is 0 Å². The highest BCUT2D eigenvalue weighted by Gasteiger charge is 2.19. The zero-order valence-corrected chi connectivity index (χ0v) is 16.2. The van der Waals surface area contributed by atoms with Gasteiger partial charge in [-0.1, -0.05) is 30.3 Å². The van der Waals surface area contributed by atoms with Crippen molar-refractivity contribution in [2.45, 2.75) is 26.4 Å². The molecule has 7 heteroatoms. The molecule has 0 saturated carbocycles. The fourth-order valence-corrected chi connectivity index (χ4v) is 3.74. The molecule has 0 atom stereocenters. The Morgan fingerprint density at radius 3 is 2.75 bits per heavy atom. The lowest BCUT2D eigenvalue weighted by Gasteiger charge is -2.26. The van der Waals surface area contributed by atoms with Gasteiger partial charge >= 0.3 is 0 Å². The molecular weight excluding hydrogens is 352 g/mol. The molecule has 1 saturated heterocycles. The number of nitrogens with one attached hydrogen (secondary N) is 1. The van der Waals surface area contributed by atoms with E-state index in [4.69, 9.17) is 4.98 Å². The Hall–Kier alpha value is -2.93. The second-order valence-electron chi connectivity index (χ2n) is 7.05. The SMILES string of the molecule is CCn1cncc1-c1c(-c2ccccc2)ncn1CCCN1CCNC(=O)C1. The van der Waals surface area contributed by atoms with Gasteiger partial charge in [-0.05, 0) is 13.3 Å². The molecule has 28 heavy (non-hydrogen) atoms. The van der Waals surface area contributed by atoms with Gasteiger partial charge < -0.3 is 14.5 Å². The van der Waals surface area contributed by atoms with Crippen LogP contribution in [0.2, 0.25) is 0 Å². The first-order chi connectivity index (χ1) is 13.8. The Labute approximate surface area is 165 Å². The van der Waals surface area contributed by atoms with Crippen LogP contribution in [-0.2, 0) is 17.9 Å². The summed E-state index contributed by atoms with van der Waals surface area (Å²) in [6.45, 7) is 6.88. The topological polar surface area (TPSA) is 68.0 Å². The first-order valence-corrected chi connectivity index (χ1v) is 9.86. The predicted octanol–water partition coefficient (Wildman–Crippen LogP) is 2.26. The maximum absolute atomic E-state index is 11.6. The molecule has 7 nitrogen and oxygen atoms in total. The third kappa shape index (κ3) is 3.84. The number of benzene rings is 1. The number of imidazole rings is 2. The molecule has 1 fully saturated rings. The van der Waals surface area contributed by atoms with E-state index in [9.17, 15) is 4.79 Å². The smallest absolute Gasteiger partial charge is 0.234 e. The number of carbonyl (C=O) groups is 1. The average Bonchev–Trinajstić information content (AvgIpc) is 3.35. The number of aromatic nitrogens is 4. The van der Waals surface area contributed by atoms with E-state index in [1.807, 2.05) is 37.1 Å². The van der Waals surface area contributed by atoms with Crippen LogP contribution in [0, 0.1) is 0 Å². The van der Waals surface area contributed by atoms with Gasteiger partial charge in [0.25, 0.3) is 0 Å². The van der Waals surface area contributed by atoms with Crippen LogP contribution in [0.1, 0.15) is 13.3 Å². The number of hydrogen-bond donors (Lipinski definition) is 1. The van der Waals surface area contributed by atoms with Crippen LogP contribution in [0.15, 0.2) is 49.2 Å². The van der Waals surface area contributed by atoms with Crippen molar-refractivity contribution in [3.05, 3.63) is 49.2 Å². The second kappa shape index (κ2) is 8.39. The van der Waals surface area contributed by atoms with E-state index in [1.165, 1.54) is 0 Å². The summed E-state index contributed by atoms with van der Waals surface area (Å²) in [5, 5.41) is 2.88. The molecule has 146 valence electrons. The molecule has 1 aliphatic rings. The predicted molar refractivity (Wildman–Crippen MR) is 109 cm³/mol. The third-order valence-electron chi connectivity index (χ3n) is 5.17. The summed E-state index contributed by atoms with van der Waals surface area (Å²) in [5.41, 5.74) is 4.26. The van der Waals surface area contributed by atoms with Crippen molar-refractivity contribution in [1.29, 1.82) is 0 Å². The van der Waals surface area contributed by atoms with E-state index in [2.05, 4.69) is 43.4 Å². The molecule has 0 aliphatic carbocycles. The summed E-state index contributed by atoms with van der Waals surface area (Å²) < 4.78 is 4.37. The maximum Gasteiger partial charge on any atom is 0.234 e. The fraction of sp³-hybridized carbons (Fsp3) is 0.381. The van der Waals surface area contributed by atoms with Crippen molar-refractivity contribution < 1.29 is 4.79 Å². The van der Waals surface area contributed by atoms with Crippen molar-refractivity contribution in [2.75, 3.05) is 26.2 Å². The van der Waals surface area contributed by atoms with Gasteiger partial charge in [0.2, 0.25) is 5.91 Å². The number of carbonyl (C=O) groups excluding carboxylic acids is 1. The molecule has 1 aromatic carbocycles. The van der Waals surface area contributed by atoms with Crippen LogP contribution in [-0.4, -0.2) is 56.1 Å². The average molecular weight is 378 g/mol. The van der Waals surface area contributed by atoms with Crippen LogP contribution in [0.4, 0.5) is 0 Å². The second-order valence-corrected chi connectivity index (χ2v) is 7.05. The third-order valence-corrected chi connectivity index (χ3v) is 5.17. The first kappa shape index (κ1) is 18.4. The number of rotatable bonds is 7. The zero-order valence-electron chi connectivity index (χ0n) is 16.2. The number of nitrogens with zero attached hydrogens (tertiary/aromatic N) is 5. The first-order valence-electron chi connectivity index (χ1n) is 9.86. The molecule has 0 bridgehead atoms.